The lowest BCUT2D eigenvalue weighted by atomic mass is 10.2. The van der Waals surface area contributed by atoms with E-state index in [9.17, 15) is 9.59 Å². The summed E-state index contributed by atoms with van der Waals surface area (Å²) in [7, 11) is 0. The van der Waals surface area contributed by atoms with Gasteiger partial charge in [-0.1, -0.05) is 30.3 Å². The average molecular weight is 304 g/mol. The second-order valence-electron chi connectivity index (χ2n) is 5.54. The molecule has 0 bridgehead atoms. The Kier molecular flexibility index (Phi) is 6.36. The molecule has 0 aliphatic carbocycles. The van der Waals surface area contributed by atoms with Gasteiger partial charge in [0.15, 0.2) is 0 Å². The van der Waals surface area contributed by atoms with E-state index >= 15 is 0 Å². The number of nitrogens with zero attached hydrogens (tertiary/aromatic N) is 1. The Morgan fingerprint density at radius 1 is 1.23 bits per heavy atom. The van der Waals surface area contributed by atoms with E-state index in [1.807, 2.05) is 35.3 Å². The third kappa shape index (κ3) is 5.46. The molecule has 0 spiro atoms. The zero-order valence-electron chi connectivity index (χ0n) is 13.0. The van der Waals surface area contributed by atoms with Gasteiger partial charge >= 0.3 is 0 Å². The second kappa shape index (κ2) is 8.51. The SMILES string of the molecule is CC1CNCCN1NC(=O)CCC(=O)NCc1ccccc1. The smallest absolute Gasteiger partial charge is 0.234 e. The highest BCUT2D eigenvalue weighted by Crippen LogP contribution is 2.00. The van der Waals surface area contributed by atoms with Crippen molar-refractivity contribution >= 4 is 11.8 Å². The average Bonchev–Trinajstić information content (AvgIpc) is 2.54. The minimum absolute atomic E-state index is 0.104. The highest BCUT2D eigenvalue weighted by Gasteiger charge is 2.19. The number of rotatable bonds is 6. The van der Waals surface area contributed by atoms with Gasteiger partial charge in [0.05, 0.1) is 0 Å². The summed E-state index contributed by atoms with van der Waals surface area (Å²) in [5.74, 6) is -0.212. The van der Waals surface area contributed by atoms with Gasteiger partial charge in [0.2, 0.25) is 11.8 Å². The number of hydrogen-bond acceptors (Lipinski definition) is 4. The molecular weight excluding hydrogens is 280 g/mol. The van der Waals surface area contributed by atoms with Crippen LogP contribution in [0.2, 0.25) is 0 Å². The zero-order chi connectivity index (χ0) is 15.8. The molecule has 1 aliphatic heterocycles. The number of hydrazine groups is 1. The van der Waals surface area contributed by atoms with Gasteiger partial charge in [0, 0.05) is 45.1 Å². The van der Waals surface area contributed by atoms with Crippen molar-refractivity contribution in [3.8, 4) is 0 Å². The van der Waals surface area contributed by atoms with Crippen LogP contribution in [0, 0.1) is 0 Å². The van der Waals surface area contributed by atoms with Gasteiger partial charge in [-0.15, -0.1) is 0 Å². The Morgan fingerprint density at radius 3 is 2.68 bits per heavy atom. The standard InChI is InChI=1S/C16H24N4O2/c1-13-11-17-9-10-20(13)19-16(22)8-7-15(21)18-12-14-5-3-2-4-6-14/h2-6,13,17H,7-12H2,1H3,(H,18,21)(H,19,22). The van der Waals surface area contributed by atoms with E-state index in [2.05, 4.69) is 23.0 Å². The van der Waals surface area contributed by atoms with E-state index in [-0.39, 0.29) is 30.7 Å². The normalized spacial score (nSPS) is 18.7. The van der Waals surface area contributed by atoms with E-state index in [0.29, 0.717) is 6.54 Å². The summed E-state index contributed by atoms with van der Waals surface area (Å²) in [6.45, 7) is 5.06. The van der Waals surface area contributed by atoms with Gasteiger partial charge < -0.3 is 10.6 Å². The molecule has 1 atom stereocenters. The van der Waals surface area contributed by atoms with E-state index < -0.39 is 0 Å². The molecule has 0 radical (unpaired) electrons. The van der Waals surface area contributed by atoms with Gasteiger partial charge in [0.1, 0.15) is 0 Å². The van der Waals surface area contributed by atoms with Gasteiger partial charge in [-0.05, 0) is 12.5 Å². The van der Waals surface area contributed by atoms with Crippen molar-refractivity contribution in [2.75, 3.05) is 19.6 Å². The lowest BCUT2D eigenvalue weighted by molar-refractivity contribution is -0.130. The van der Waals surface area contributed by atoms with Gasteiger partial charge in [0.25, 0.3) is 0 Å². The second-order valence-corrected chi connectivity index (χ2v) is 5.54. The first-order valence-corrected chi connectivity index (χ1v) is 7.72. The predicted molar refractivity (Wildman–Crippen MR) is 84.7 cm³/mol. The number of amides is 2. The van der Waals surface area contributed by atoms with Crippen molar-refractivity contribution in [2.24, 2.45) is 0 Å². The quantitative estimate of drug-likeness (QED) is 0.712. The Hall–Kier alpha value is -1.92. The highest BCUT2D eigenvalue weighted by molar-refractivity contribution is 5.83. The predicted octanol–water partition coefficient (Wildman–Crippen LogP) is 0.408. The third-order valence-electron chi connectivity index (χ3n) is 3.68. The molecule has 1 heterocycles. The van der Waals surface area contributed by atoms with Crippen LogP contribution in [0.25, 0.3) is 0 Å². The number of carbonyl (C=O) groups is 2. The summed E-state index contributed by atoms with van der Waals surface area (Å²) < 4.78 is 0. The molecule has 22 heavy (non-hydrogen) atoms. The number of piperazine rings is 1. The Balaban J connectivity index is 1.64. The molecule has 2 amide bonds. The Bertz CT molecular complexity index is 492. The maximum atomic E-state index is 11.9. The van der Waals surface area contributed by atoms with E-state index in [0.717, 1.165) is 25.2 Å². The molecule has 6 nitrogen and oxygen atoms in total. The van der Waals surface area contributed by atoms with Gasteiger partial charge in [-0.25, -0.2) is 5.01 Å². The molecule has 120 valence electrons. The van der Waals surface area contributed by atoms with Crippen molar-refractivity contribution in [2.45, 2.75) is 32.4 Å². The molecule has 1 fully saturated rings. The van der Waals surface area contributed by atoms with Crippen LogP contribution in [0.5, 0.6) is 0 Å². The van der Waals surface area contributed by atoms with Crippen LogP contribution in [-0.4, -0.2) is 42.5 Å². The first kappa shape index (κ1) is 16.5. The lowest BCUT2D eigenvalue weighted by Crippen LogP contribution is -2.57. The van der Waals surface area contributed by atoms with Crippen LogP contribution in [0.15, 0.2) is 30.3 Å². The van der Waals surface area contributed by atoms with Gasteiger partial charge in [-0.2, -0.15) is 0 Å². The number of nitrogens with one attached hydrogen (secondary N) is 3. The maximum absolute atomic E-state index is 11.9. The minimum atomic E-state index is -0.108. The first-order valence-electron chi connectivity index (χ1n) is 7.72. The summed E-state index contributed by atoms with van der Waals surface area (Å²) in [5.41, 5.74) is 3.92. The van der Waals surface area contributed by atoms with Crippen molar-refractivity contribution in [3.63, 3.8) is 0 Å². The number of hydrogen-bond donors (Lipinski definition) is 3. The maximum Gasteiger partial charge on any atom is 0.234 e. The van der Waals surface area contributed by atoms with Crippen LogP contribution < -0.4 is 16.1 Å². The molecule has 0 saturated carbocycles. The number of carbonyl (C=O) groups excluding carboxylic acids is 2. The summed E-state index contributed by atoms with van der Waals surface area (Å²) in [5, 5.41) is 8.02. The van der Waals surface area contributed by atoms with E-state index in [1.54, 1.807) is 0 Å². The third-order valence-corrected chi connectivity index (χ3v) is 3.68. The molecule has 1 unspecified atom stereocenters. The molecular formula is C16H24N4O2. The van der Waals surface area contributed by atoms with Crippen LogP contribution in [0.1, 0.15) is 25.3 Å². The summed E-state index contributed by atoms with van der Waals surface area (Å²) in [4.78, 5) is 23.6. The topological polar surface area (TPSA) is 73.5 Å². The van der Waals surface area contributed by atoms with Crippen LogP contribution in [-0.2, 0) is 16.1 Å². The molecule has 0 aromatic heterocycles. The fourth-order valence-corrected chi connectivity index (χ4v) is 2.34. The molecule has 1 aromatic carbocycles. The van der Waals surface area contributed by atoms with Crippen LogP contribution >= 0.6 is 0 Å². The van der Waals surface area contributed by atoms with Crippen molar-refractivity contribution in [3.05, 3.63) is 35.9 Å². The van der Waals surface area contributed by atoms with Gasteiger partial charge in [-0.3, -0.25) is 15.0 Å². The minimum Gasteiger partial charge on any atom is -0.352 e. The molecule has 1 aliphatic rings. The summed E-state index contributed by atoms with van der Waals surface area (Å²) in [6.07, 6.45) is 0.413. The molecule has 6 heteroatoms. The fraction of sp³-hybridized carbons (Fsp3) is 0.500. The Labute approximate surface area is 131 Å². The largest absolute Gasteiger partial charge is 0.352 e. The van der Waals surface area contributed by atoms with E-state index in [4.69, 9.17) is 0 Å². The monoisotopic (exact) mass is 304 g/mol. The number of benzene rings is 1. The zero-order valence-corrected chi connectivity index (χ0v) is 13.0. The summed E-state index contributed by atoms with van der Waals surface area (Å²) in [6, 6.07) is 9.99. The molecule has 3 N–H and O–H groups in total. The Morgan fingerprint density at radius 2 is 1.95 bits per heavy atom. The molecule has 2 rings (SSSR count). The van der Waals surface area contributed by atoms with E-state index in [1.165, 1.54) is 0 Å². The van der Waals surface area contributed by atoms with Crippen molar-refractivity contribution in [1.29, 1.82) is 0 Å². The molecule has 1 saturated heterocycles. The highest BCUT2D eigenvalue weighted by atomic mass is 16.2. The van der Waals surface area contributed by atoms with Crippen molar-refractivity contribution in [1.82, 2.24) is 21.1 Å². The molecule has 1 aromatic rings. The summed E-state index contributed by atoms with van der Waals surface area (Å²) >= 11 is 0. The van der Waals surface area contributed by atoms with Crippen LogP contribution in [0.3, 0.4) is 0 Å². The van der Waals surface area contributed by atoms with Crippen molar-refractivity contribution < 1.29 is 9.59 Å². The first-order chi connectivity index (χ1) is 10.6. The lowest BCUT2D eigenvalue weighted by Gasteiger charge is -2.33. The van der Waals surface area contributed by atoms with Crippen LogP contribution in [0.4, 0.5) is 0 Å². The fourth-order valence-electron chi connectivity index (χ4n) is 2.34.